The van der Waals surface area contributed by atoms with Crippen molar-refractivity contribution in [3.63, 3.8) is 0 Å². The number of carbonyl (C=O) groups excluding carboxylic acids is 1. The number of aryl methyl sites for hydroxylation is 1. The minimum atomic E-state index is -0.207. The number of benzene rings is 2. The lowest BCUT2D eigenvalue weighted by atomic mass is 10.1. The van der Waals surface area contributed by atoms with E-state index in [4.69, 9.17) is 14.2 Å². The molecule has 7 nitrogen and oxygen atoms in total. The maximum atomic E-state index is 11.9. The van der Waals surface area contributed by atoms with Crippen LogP contribution in [-0.2, 0) is 11.2 Å². The Morgan fingerprint density at radius 1 is 1.08 bits per heavy atom. The van der Waals surface area contributed by atoms with Gasteiger partial charge in [-0.3, -0.25) is 4.79 Å². The summed E-state index contributed by atoms with van der Waals surface area (Å²) in [5.74, 6) is 1.50. The van der Waals surface area contributed by atoms with Crippen LogP contribution in [0.2, 0.25) is 0 Å². The zero-order valence-corrected chi connectivity index (χ0v) is 15.0. The van der Waals surface area contributed by atoms with Crippen LogP contribution in [0.1, 0.15) is 17.5 Å². The Morgan fingerprint density at radius 2 is 1.69 bits per heavy atom. The van der Waals surface area contributed by atoms with Gasteiger partial charge in [-0.1, -0.05) is 12.1 Å². The molecule has 2 N–H and O–H groups in total. The van der Waals surface area contributed by atoms with E-state index in [1.807, 2.05) is 0 Å². The van der Waals surface area contributed by atoms with Gasteiger partial charge in [0.25, 0.3) is 0 Å². The normalized spacial score (nSPS) is 10.6. The van der Waals surface area contributed by atoms with Gasteiger partial charge in [-0.2, -0.15) is 5.10 Å². The lowest BCUT2D eigenvalue weighted by Gasteiger charge is -2.12. The number of carbonyl (C=O) groups is 1. The second-order valence-corrected chi connectivity index (χ2v) is 5.42. The highest BCUT2D eigenvalue weighted by Crippen LogP contribution is 2.37. The second kappa shape index (κ2) is 9.31. The van der Waals surface area contributed by atoms with Crippen LogP contribution in [0.25, 0.3) is 0 Å². The highest BCUT2D eigenvalue weighted by molar-refractivity contribution is 5.84. The number of ether oxygens (including phenoxy) is 3. The van der Waals surface area contributed by atoms with Gasteiger partial charge in [0.1, 0.15) is 5.75 Å². The van der Waals surface area contributed by atoms with Crippen molar-refractivity contribution in [3.8, 4) is 23.0 Å². The van der Waals surface area contributed by atoms with Gasteiger partial charge < -0.3 is 19.3 Å². The minimum absolute atomic E-state index is 0.202. The van der Waals surface area contributed by atoms with Gasteiger partial charge in [0.05, 0.1) is 27.5 Å². The van der Waals surface area contributed by atoms with E-state index in [2.05, 4.69) is 10.5 Å². The van der Waals surface area contributed by atoms with Crippen LogP contribution in [0.15, 0.2) is 41.5 Å². The number of amides is 1. The summed E-state index contributed by atoms with van der Waals surface area (Å²) in [5.41, 5.74) is 4.14. The van der Waals surface area contributed by atoms with E-state index in [1.54, 1.807) is 36.4 Å². The molecule has 7 heteroatoms. The number of aromatic hydroxyl groups is 1. The fraction of sp³-hybridized carbons (Fsp3) is 0.263. The van der Waals surface area contributed by atoms with Gasteiger partial charge in [0, 0.05) is 12.0 Å². The number of nitrogens with zero attached hydrogens (tertiary/aromatic N) is 1. The third kappa shape index (κ3) is 5.14. The lowest BCUT2D eigenvalue weighted by Crippen LogP contribution is -2.17. The van der Waals surface area contributed by atoms with Gasteiger partial charge in [-0.05, 0) is 36.2 Å². The second-order valence-electron chi connectivity index (χ2n) is 5.42. The van der Waals surface area contributed by atoms with Crippen molar-refractivity contribution in [1.82, 2.24) is 5.43 Å². The molecule has 0 spiro atoms. The number of phenolic OH excluding ortho intramolecular Hbond substituents is 1. The van der Waals surface area contributed by atoms with Crippen LogP contribution in [0.5, 0.6) is 23.0 Å². The van der Waals surface area contributed by atoms with E-state index in [-0.39, 0.29) is 18.1 Å². The quantitative estimate of drug-likeness (QED) is 0.559. The molecule has 26 heavy (non-hydrogen) atoms. The van der Waals surface area contributed by atoms with E-state index < -0.39 is 0 Å². The molecule has 0 saturated carbocycles. The number of hydrogen-bond donors (Lipinski definition) is 2. The Morgan fingerprint density at radius 3 is 2.23 bits per heavy atom. The Kier molecular flexibility index (Phi) is 6.84. The fourth-order valence-electron chi connectivity index (χ4n) is 2.33. The number of methoxy groups -OCH3 is 3. The molecule has 138 valence electrons. The molecule has 0 heterocycles. The molecule has 0 aromatic heterocycles. The van der Waals surface area contributed by atoms with Crippen molar-refractivity contribution in [3.05, 3.63) is 47.5 Å². The predicted molar refractivity (Wildman–Crippen MR) is 98.3 cm³/mol. The maximum Gasteiger partial charge on any atom is 0.240 e. The van der Waals surface area contributed by atoms with Crippen molar-refractivity contribution in [2.45, 2.75) is 12.8 Å². The van der Waals surface area contributed by atoms with Gasteiger partial charge in [-0.25, -0.2) is 5.43 Å². The predicted octanol–water partition coefficient (Wildman–Crippen LogP) is 2.50. The summed E-state index contributed by atoms with van der Waals surface area (Å²) >= 11 is 0. The highest BCUT2D eigenvalue weighted by Gasteiger charge is 2.12. The summed E-state index contributed by atoms with van der Waals surface area (Å²) in [4.78, 5) is 11.9. The maximum absolute atomic E-state index is 11.9. The van der Waals surface area contributed by atoms with Gasteiger partial charge >= 0.3 is 0 Å². The standard InChI is InChI=1S/C19H22N2O5/c1-24-16-10-14(11-17(25-2)19(16)26-3)12-20-21-18(23)9-6-13-4-7-15(22)8-5-13/h4-5,7-8,10-12,22H,6,9H2,1-3H3,(H,21,23)/b20-12+. The Hall–Kier alpha value is -3.22. The minimum Gasteiger partial charge on any atom is -0.508 e. The van der Waals surface area contributed by atoms with Crippen molar-refractivity contribution in [1.29, 1.82) is 0 Å². The first-order valence-electron chi connectivity index (χ1n) is 7.97. The summed E-state index contributed by atoms with van der Waals surface area (Å²) in [6.45, 7) is 0. The average Bonchev–Trinajstić information content (AvgIpc) is 2.66. The van der Waals surface area contributed by atoms with E-state index in [1.165, 1.54) is 27.5 Å². The summed E-state index contributed by atoms with van der Waals surface area (Å²) in [7, 11) is 4.59. The number of nitrogens with one attached hydrogen (secondary N) is 1. The molecule has 0 bridgehead atoms. The summed E-state index contributed by atoms with van der Waals surface area (Å²) in [6, 6.07) is 10.2. The van der Waals surface area contributed by atoms with E-state index in [9.17, 15) is 9.90 Å². The summed E-state index contributed by atoms with van der Waals surface area (Å²) < 4.78 is 15.8. The fourth-order valence-corrected chi connectivity index (χ4v) is 2.33. The van der Waals surface area contributed by atoms with Crippen LogP contribution in [0.4, 0.5) is 0 Å². The first-order chi connectivity index (χ1) is 12.6. The van der Waals surface area contributed by atoms with Gasteiger partial charge in [0.15, 0.2) is 11.5 Å². The molecule has 0 radical (unpaired) electrons. The van der Waals surface area contributed by atoms with Crippen molar-refractivity contribution in [2.75, 3.05) is 21.3 Å². The molecule has 0 unspecified atom stereocenters. The molecular weight excluding hydrogens is 336 g/mol. The van der Waals surface area contributed by atoms with Gasteiger partial charge in [0.2, 0.25) is 11.7 Å². The van der Waals surface area contributed by atoms with Crippen molar-refractivity contribution in [2.24, 2.45) is 5.10 Å². The molecule has 0 aliphatic heterocycles. The molecule has 0 saturated heterocycles. The smallest absolute Gasteiger partial charge is 0.240 e. The summed E-state index contributed by atoms with van der Waals surface area (Å²) in [6.07, 6.45) is 2.35. The van der Waals surface area contributed by atoms with Crippen molar-refractivity contribution >= 4 is 12.1 Å². The van der Waals surface area contributed by atoms with Crippen LogP contribution in [0, 0.1) is 0 Å². The topological polar surface area (TPSA) is 89.4 Å². The molecule has 0 aliphatic rings. The van der Waals surface area contributed by atoms with Crippen LogP contribution in [-0.4, -0.2) is 38.6 Å². The van der Waals surface area contributed by atoms with Crippen LogP contribution >= 0.6 is 0 Å². The number of phenols is 1. The monoisotopic (exact) mass is 358 g/mol. The molecule has 0 atom stereocenters. The van der Waals surface area contributed by atoms with E-state index in [0.717, 1.165) is 5.56 Å². The van der Waals surface area contributed by atoms with Gasteiger partial charge in [-0.15, -0.1) is 0 Å². The number of hydrazone groups is 1. The Labute approximate surface area is 152 Å². The number of hydrogen-bond acceptors (Lipinski definition) is 6. The first kappa shape index (κ1) is 19.1. The van der Waals surface area contributed by atoms with Crippen LogP contribution in [0.3, 0.4) is 0 Å². The van der Waals surface area contributed by atoms with Crippen LogP contribution < -0.4 is 19.6 Å². The molecule has 2 aromatic rings. The lowest BCUT2D eigenvalue weighted by molar-refractivity contribution is -0.121. The zero-order valence-electron chi connectivity index (χ0n) is 15.0. The molecule has 0 fully saturated rings. The molecule has 2 rings (SSSR count). The van der Waals surface area contributed by atoms with Crippen molar-refractivity contribution < 1.29 is 24.1 Å². The molecule has 1 amide bonds. The molecular formula is C19H22N2O5. The first-order valence-corrected chi connectivity index (χ1v) is 7.97. The average molecular weight is 358 g/mol. The van der Waals surface area contributed by atoms with E-state index >= 15 is 0 Å². The zero-order chi connectivity index (χ0) is 18.9. The van der Waals surface area contributed by atoms with E-state index in [0.29, 0.717) is 29.2 Å². The largest absolute Gasteiger partial charge is 0.508 e. The third-order valence-electron chi connectivity index (χ3n) is 3.67. The SMILES string of the molecule is COc1cc(/C=N/NC(=O)CCc2ccc(O)cc2)cc(OC)c1OC. The highest BCUT2D eigenvalue weighted by atomic mass is 16.5. The Bertz CT molecular complexity index is 747. The summed E-state index contributed by atoms with van der Waals surface area (Å²) in [5, 5.41) is 13.2. The molecule has 0 aliphatic carbocycles. The number of rotatable bonds is 8. The Balaban J connectivity index is 1.94. The molecule has 2 aromatic carbocycles. The third-order valence-corrected chi connectivity index (χ3v) is 3.67.